The Morgan fingerprint density at radius 3 is 2.52 bits per heavy atom. The van der Waals surface area contributed by atoms with E-state index in [1.165, 1.54) is 5.56 Å². The Balaban J connectivity index is 1.72. The first kappa shape index (κ1) is 16.7. The van der Waals surface area contributed by atoms with Gasteiger partial charge in [-0.3, -0.25) is 14.3 Å². The predicted octanol–water partition coefficient (Wildman–Crippen LogP) is 2.15. The largest absolute Gasteiger partial charge is 0.348 e. The van der Waals surface area contributed by atoms with Crippen LogP contribution in [0.2, 0.25) is 0 Å². The summed E-state index contributed by atoms with van der Waals surface area (Å²) < 4.78 is 1.78. The van der Waals surface area contributed by atoms with Gasteiger partial charge < -0.3 is 10.6 Å². The number of hydrogen-bond donors (Lipinski definition) is 2. The van der Waals surface area contributed by atoms with Gasteiger partial charge in [-0.1, -0.05) is 26.0 Å². The molecule has 0 aliphatic carbocycles. The second-order valence-corrected chi connectivity index (χ2v) is 5.61. The van der Waals surface area contributed by atoms with Crippen molar-refractivity contribution in [3.8, 4) is 0 Å². The lowest BCUT2D eigenvalue weighted by molar-refractivity contribution is -0.136. The highest BCUT2D eigenvalue weighted by atomic mass is 16.2. The summed E-state index contributed by atoms with van der Waals surface area (Å²) in [5.41, 5.74) is 1.80. The SMILES string of the molecule is CC(C)c1ccc(NC(=O)C(=O)NCCCn2cccn2)cc1. The summed E-state index contributed by atoms with van der Waals surface area (Å²) in [7, 11) is 0. The summed E-state index contributed by atoms with van der Waals surface area (Å²) in [5, 5.41) is 9.26. The fraction of sp³-hybridized carbons (Fsp3) is 0.353. The standard InChI is InChI=1S/C17H22N4O2/c1-13(2)14-5-7-15(8-6-14)20-17(23)16(22)18-9-3-11-21-12-4-10-19-21/h4-8,10,12-13H,3,9,11H2,1-2H3,(H,18,22)(H,20,23). The number of aromatic nitrogens is 2. The van der Waals surface area contributed by atoms with Crippen LogP contribution in [0.1, 0.15) is 31.7 Å². The molecule has 1 heterocycles. The highest BCUT2D eigenvalue weighted by molar-refractivity contribution is 6.39. The third-order valence-electron chi connectivity index (χ3n) is 3.45. The Hall–Kier alpha value is -2.63. The first-order chi connectivity index (χ1) is 11.1. The van der Waals surface area contributed by atoms with Crippen molar-refractivity contribution < 1.29 is 9.59 Å². The topological polar surface area (TPSA) is 76.0 Å². The zero-order valence-electron chi connectivity index (χ0n) is 13.5. The second-order valence-electron chi connectivity index (χ2n) is 5.61. The Bertz CT molecular complexity index is 633. The second kappa shape index (κ2) is 8.12. The predicted molar refractivity (Wildman–Crippen MR) is 89.0 cm³/mol. The molecule has 0 spiro atoms. The Morgan fingerprint density at radius 1 is 1.17 bits per heavy atom. The number of carbonyl (C=O) groups is 2. The number of amides is 2. The Labute approximate surface area is 135 Å². The zero-order valence-corrected chi connectivity index (χ0v) is 13.5. The van der Waals surface area contributed by atoms with Gasteiger partial charge in [-0.2, -0.15) is 5.10 Å². The van der Waals surface area contributed by atoms with Gasteiger partial charge in [0.1, 0.15) is 0 Å². The number of carbonyl (C=O) groups excluding carboxylic acids is 2. The minimum atomic E-state index is -0.651. The molecule has 2 aromatic rings. The van der Waals surface area contributed by atoms with Gasteiger partial charge >= 0.3 is 11.8 Å². The average Bonchev–Trinajstić information content (AvgIpc) is 3.05. The lowest BCUT2D eigenvalue weighted by Crippen LogP contribution is -2.36. The zero-order chi connectivity index (χ0) is 16.7. The first-order valence-corrected chi connectivity index (χ1v) is 7.73. The number of anilines is 1. The molecule has 2 N–H and O–H groups in total. The van der Waals surface area contributed by atoms with Crippen molar-refractivity contribution in [1.29, 1.82) is 0 Å². The summed E-state index contributed by atoms with van der Waals surface area (Å²) in [6.45, 7) is 5.33. The van der Waals surface area contributed by atoms with Crippen LogP contribution in [-0.2, 0) is 16.1 Å². The van der Waals surface area contributed by atoms with Gasteiger partial charge in [-0.05, 0) is 36.1 Å². The van der Waals surface area contributed by atoms with Crippen LogP contribution in [0.3, 0.4) is 0 Å². The molecule has 2 rings (SSSR count). The Kier molecular flexibility index (Phi) is 5.91. The van der Waals surface area contributed by atoms with Crippen molar-refractivity contribution in [2.75, 3.05) is 11.9 Å². The molecular formula is C17H22N4O2. The molecule has 0 radical (unpaired) electrons. The highest BCUT2D eigenvalue weighted by Gasteiger charge is 2.13. The fourth-order valence-electron chi connectivity index (χ4n) is 2.10. The summed E-state index contributed by atoms with van der Waals surface area (Å²) in [5.74, 6) is -0.849. The molecular weight excluding hydrogens is 292 g/mol. The lowest BCUT2D eigenvalue weighted by Gasteiger charge is -2.09. The van der Waals surface area contributed by atoms with Gasteiger partial charge in [-0.15, -0.1) is 0 Å². The Morgan fingerprint density at radius 2 is 1.91 bits per heavy atom. The molecule has 1 aromatic heterocycles. The molecule has 0 aliphatic heterocycles. The normalized spacial score (nSPS) is 10.6. The van der Waals surface area contributed by atoms with Gasteiger partial charge in [0.25, 0.3) is 0 Å². The molecule has 23 heavy (non-hydrogen) atoms. The van der Waals surface area contributed by atoms with Gasteiger partial charge in [0.2, 0.25) is 0 Å². The number of hydrogen-bond acceptors (Lipinski definition) is 3. The lowest BCUT2D eigenvalue weighted by atomic mass is 10.0. The van der Waals surface area contributed by atoms with E-state index < -0.39 is 11.8 Å². The molecule has 0 saturated carbocycles. The smallest absolute Gasteiger partial charge is 0.313 e. The van der Waals surface area contributed by atoms with E-state index in [-0.39, 0.29) is 0 Å². The highest BCUT2D eigenvalue weighted by Crippen LogP contribution is 2.16. The molecule has 6 heteroatoms. The molecule has 6 nitrogen and oxygen atoms in total. The first-order valence-electron chi connectivity index (χ1n) is 7.73. The van der Waals surface area contributed by atoms with Gasteiger partial charge in [0.15, 0.2) is 0 Å². The number of benzene rings is 1. The minimum Gasteiger partial charge on any atom is -0.348 e. The summed E-state index contributed by atoms with van der Waals surface area (Å²) in [6, 6.07) is 9.34. The van der Waals surface area contributed by atoms with Crippen molar-refractivity contribution in [2.45, 2.75) is 32.7 Å². The van der Waals surface area contributed by atoms with Crippen LogP contribution in [0, 0.1) is 0 Å². The van der Waals surface area contributed by atoms with Crippen LogP contribution >= 0.6 is 0 Å². The quantitative estimate of drug-likeness (QED) is 0.633. The molecule has 2 amide bonds. The molecule has 0 saturated heterocycles. The van der Waals surface area contributed by atoms with Crippen molar-refractivity contribution in [3.63, 3.8) is 0 Å². The van der Waals surface area contributed by atoms with Crippen LogP contribution in [0.5, 0.6) is 0 Å². The van der Waals surface area contributed by atoms with E-state index in [4.69, 9.17) is 0 Å². The molecule has 0 aliphatic rings. The van der Waals surface area contributed by atoms with E-state index in [2.05, 4.69) is 29.6 Å². The third-order valence-corrected chi connectivity index (χ3v) is 3.45. The average molecular weight is 314 g/mol. The van der Waals surface area contributed by atoms with Gasteiger partial charge in [0.05, 0.1) is 0 Å². The molecule has 122 valence electrons. The molecule has 0 unspecified atom stereocenters. The van der Waals surface area contributed by atoms with Crippen LogP contribution in [0.4, 0.5) is 5.69 Å². The maximum atomic E-state index is 11.8. The van der Waals surface area contributed by atoms with E-state index in [1.54, 1.807) is 23.0 Å². The monoisotopic (exact) mass is 314 g/mol. The van der Waals surface area contributed by atoms with Crippen molar-refractivity contribution >= 4 is 17.5 Å². The van der Waals surface area contributed by atoms with E-state index in [1.807, 2.05) is 24.4 Å². The van der Waals surface area contributed by atoms with Crippen LogP contribution in [0.25, 0.3) is 0 Å². The van der Waals surface area contributed by atoms with E-state index in [0.29, 0.717) is 31.1 Å². The van der Waals surface area contributed by atoms with E-state index in [9.17, 15) is 9.59 Å². The number of rotatable bonds is 6. The third kappa shape index (κ3) is 5.25. The minimum absolute atomic E-state index is 0.429. The number of nitrogens with zero attached hydrogens (tertiary/aromatic N) is 2. The number of nitrogens with one attached hydrogen (secondary N) is 2. The number of aryl methyl sites for hydroxylation is 1. The summed E-state index contributed by atoms with van der Waals surface area (Å²) in [4.78, 5) is 23.6. The maximum absolute atomic E-state index is 11.8. The van der Waals surface area contributed by atoms with Crippen LogP contribution < -0.4 is 10.6 Å². The maximum Gasteiger partial charge on any atom is 0.313 e. The van der Waals surface area contributed by atoms with Crippen LogP contribution in [-0.4, -0.2) is 28.1 Å². The van der Waals surface area contributed by atoms with Crippen LogP contribution in [0.15, 0.2) is 42.7 Å². The molecule has 1 aromatic carbocycles. The molecule has 0 atom stereocenters. The van der Waals surface area contributed by atoms with Gasteiger partial charge in [0, 0.05) is 31.2 Å². The summed E-state index contributed by atoms with van der Waals surface area (Å²) in [6.07, 6.45) is 4.27. The molecule has 0 fully saturated rings. The summed E-state index contributed by atoms with van der Waals surface area (Å²) >= 11 is 0. The van der Waals surface area contributed by atoms with Crippen molar-refractivity contribution in [3.05, 3.63) is 48.3 Å². The van der Waals surface area contributed by atoms with E-state index in [0.717, 1.165) is 0 Å². The molecule has 0 bridgehead atoms. The van der Waals surface area contributed by atoms with Crippen molar-refractivity contribution in [2.24, 2.45) is 0 Å². The fourth-order valence-corrected chi connectivity index (χ4v) is 2.10. The van der Waals surface area contributed by atoms with Gasteiger partial charge in [-0.25, -0.2) is 0 Å². The van der Waals surface area contributed by atoms with Crippen molar-refractivity contribution in [1.82, 2.24) is 15.1 Å². The van der Waals surface area contributed by atoms with E-state index >= 15 is 0 Å².